The summed E-state index contributed by atoms with van der Waals surface area (Å²) < 4.78 is 2.93. The van der Waals surface area contributed by atoms with Crippen LogP contribution in [0.3, 0.4) is 0 Å². The zero-order chi connectivity index (χ0) is 13.0. The Morgan fingerprint density at radius 1 is 1.39 bits per heavy atom. The van der Waals surface area contributed by atoms with E-state index in [1.54, 1.807) is 0 Å². The summed E-state index contributed by atoms with van der Waals surface area (Å²) in [6, 6.07) is 6.20. The Morgan fingerprint density at radius 2 is 2.22 bits per heavy atom. The number of hydrogen-bond donors (Lipinski definition) is 0. The van der Waals surface area contributed by atoms with E-state index in [9.17, 15) is 0 Å². The van der Waals surface area contributed by atoms with E-state index < -0.39 is 0 Å². The van der Waals surface area contributed by atoms with Gasteiger partial charge in [0.1, 0.15) is 0 Å². The number of rotatable bonds is 5. The van der Waals surface area contributed by atoms with E-state index in [1.807, 2.05) is 16.9 Å². The van der Waals surface area contributed by atoms with Crippen LogP contribution in [0.25, 0.3) is 5.69 Å². The highest BCUT2D eigenvalue weighted by Gasteiger charge is 2.07. The molecular weight excluding hydrogens is 314 g/mol. The summed E-state index contributed by atoms with van der Waals surface area (Å²) in [5.74, 6) is 0.658. The molecule has 0 bridgehead atoms. The third-order valence-electron chi connectivity index (χ3n) is 2.78. The molecule has 0 amide bonds. The quantitative estimate of drug-likeness (QED) is 0.782. The molecule has 1 aromatic carbocycles. The molecule has 1 heterocycles. The Labute approximate surface area is 120 Å². The third-order valence-corrected chi connectivity index (χ3v) is 3.54. The van der Waals surface area contributed by atoms with E-state index in [4.69, 9.17) is 11.6 Å². The SMILES string of the molecule is CCc1cc(Br)ccc1-n1cc(CCCCl)nn1. The number of benzene rings is 1. The van der Waals surface area contributed by atoms with Crippen molar-refractivity contribution < 1.29 is 0 Å². The van der Waals surface area contributed by atoms with Crippen LogP contribution in [0.15, 0.2) is 28.9 Å². The average molecular weight is 329 g/mol. The largest absolute Gasteiger partial charge is 0.220 e. The molecule has 0 spiro atoms. The fourth-order valence-electron chi connectivity index (χ4n) is 1.84. The van der Waals surface area contributed by atoms with Crippen molar-refractivity contribution in [2.75, 3.05) is 5.88 Å². The lowest BCUT2D eigenvalue weighted by atomic mass is 10.1. The van der Waals surface area contributed by atoms with Crippen molar-refractivity contribution in [3.63, 3.8) is 0 Å². The average Bonchev–Trinajstić information content (AvgIpc) is 2.84. The first kappa shape index (κ1) is 13.6. The smallest absolute Gasteiger partial charge is 0.0832 e. The predicted molar refractivity (Wildman–Crippen MR) is 77.5 cm³/mol. The second-order valence-corrected chi connectivity index (χ2v) is 5.37. The van der Waals surface area contributed by atoms with Gasteiger partial charge in [0.15, 0.2) is 0 Å². The number of hydrogen-bond acceptors (Lipinski definition) is 2. The van der Waals surface area contributed by atoms with Gasteiger partial charge in [-0.1, -0.05) is 28.1 Å². The second-order valence-electron chi connectivity index (χ2n) is 4.07. The van der Waals surface area contributed by atoms with Crippen molar-refractivity contribution in [1.29, 1.82) is 0 Å². The topological polar surface area (TPSA) is 30.7 Å². The highest BCUT2D eigenvalue weighted by Crippen LogP contribution is 2.20. The maximum atomic E-state index is 5.68. The van der Waals surface area contributed by atoms with Crippen molar-refractivity contribution in [3.05, 3.63) is 40.1 Å². The van der Waals surface area contributed by atoms with Gasteiger partial charge in [0.05, 0.1) is 17.6 Å². The minimum Gasteiger partial charge on any atom is -0.220 e. The van der Waals surface area contributed by atoms with Gasteiger partial charge in [-0.05, 0) is 43.0 Å². The van der Waals surface area contributed by atoms with Crippen LogP contribution in [0.2, 0.25) is 0 Å². The van der Waals surface area contributed by atoms with Gasteiger partial charge in [-0.15, -0.1) is 16.7 Å². The van der Waals surface area contributed by atoms with Crippen LogP contribution in [-0.2, 0) is 12.8 Å². The monoisotopic (exact) mass is 327 g/mol. The van der Waals surface area contributed by atoms with E-state index in [2.05, 4.69) is 45.3 Å². The molecule has 5 heteroatoms. The number of nitrogens with zero attached hydrogens (tertiary/aromatic N) is 3. The Hall–Kier alpha value is -0.870. The number of alkyl halides is 1. The molecule has 18 heavy (non-hydrogen) atoms. The fourth-order valence-corrected chi connectivity index (χ4v) is 2.38. The van der Waals surface area contributed by atoms with Crippen molar-refractivity contribution >= 4 is 27.5 Å². The normalized spacial score (nSPS) is 10.8. The first-order valence-corrected chi connectivity index (χ1v) is 7.33. The summed E-state index contributed by atoms with van der Waals surface area (Å²) in [5.41, 5.74) is 3.32. The number of aromatic nitrogens is 3. The van der Waals surface area contributed by atoms with E-state index in [0.717, 1.165) is 35.1 Å². The van der Waals surface area contributed by atoms with Crippen LogP contribution >= 0.6 is 27.5 Å². The maximum absolute atomic E-state index is 5.68. The van der Waals surface area contributed by atoms with Crippen LogP contribution in [-0.4, -0.2) is 20.9 Å². The van der Waals surface area contributed by atoms with Crippen LogP contribution < -0.4 is 0 Å². The van der Waals surface area contributed by atoms with Crippen LogP contribution in [0, 0.1) is 0 Å². The fraction of sp³-hybridized carbons (Fsp3) is 0.385. The lowest BCUT2D eigenvalue weighted by molar-refractivity contribution is 0.784. The zero-order valence-corrected chi connectivity index (χ0v) is 12.6. The van der Waals surface area contributed by atoms with Gasteiger partial charge in [0.25, 0.3) is 0 Å². The number of aryl methyl sites for hydroxylation is 2. The van der Waals surface area contributed by atoms with Crippen LogP contribution in [0.4, 0.5) is 0 Å². The minimum absolute atomic E-state index is 0.658. The Balaban J connectivity index is 2.28. The lowest BCUT2D eigenvalue weighted by Gasteiger charge is -2.07. The summed E-state index contributed by atoms with van der Waals surface area (Å²) in [6.45, 7) is 2.14. The molecule has 0 aliphatic heterocycles. The second kappa shape index (κ2) is 6.34. The number of halogens is 2. The minimum atomic E-state index is 0.658. The maximum Gasteiger partial charge on any atom is 0.0832 e. The van der Waals surface area contributed by atoms with Crippen LogP contribution in [0.1, 0.15) is 24.6 Å². The first-order chi connectivity index (χ1) is 8.74. The molecule has 0 N–H and O–H groups in total. The van der Waals surface area contributed by atoms with Crippen molar-refractivity contribution in [3.8, 4) is 5.69 Å². The zero-order valence-electron chi connectivity index (χ0n) is 10.2. The van der Waals surface area contributed by atoms with E-state index >= 15 is 0 Å². The molecule has 2 rings (SSSR count). The highest BCUT2D eigenvalue weighted by atomic mass is 79.9. The summed E-state index contributed by atoms with van der Waals surface area (Å²) >= 11 is 9.17. The molecule has 0 saturated heterocycles. The Morgan fingerprint density at radius 3 is 2.94 bits per heavy atom. The standard InChI is InChI=1S/C13H15BrClN3/c1-2-10-8-11(14)5-6-13(10)18-9-12(16-17-18)4-3-7-15/h5-6,8-9H,2-4,7H2,1H3. The molecule has 0 aliphatic rings. The Bertz CT molecular complexity index is 525. The summed E-state index contributed by atoms with van der Waals surface area (Å²) in [6.07, 6.45) is 4.75. The summed E-state index contributed by atoms with van der Waals surface area (Å²) in [5, 5.41) is 8.36. The molecule has 1 aromatic heterocycles. The van der Waals surface area contributed by atoms with Crippen molar-refractivity contribution in [1.82, 2.24) is 15.0 Å². The van der Waals surface area contributed by atoms with Crippen molar-refractivity contribution in [2.24, 2.45) is 0 Å². The molecule has 2 aromatic rings. The van der Waals surface area contributed by atoms with E-state index in [1.165, 1.54) is 5.56 Å². The molecule has 0 radical (unpaired) electrons. The molecule has 0 unspecified atom stereocenters. The summed E-state index contributed by atoms with van der Waals surface area (Å²) in [4.78, 5) is 0. The first-order valence-electron chi connectivity index (χ1n) is 6.00. The molecular formula is C13H15BrClN3. The molecule has 0 atom stereocenters. The molecule has 0 saturated carbocycles. The highest BCUT2D eigenvalue weighted by molar-refractivity contribution is 9.10. The van der Waals surface area contributed by atoms with Gasteiger partial charge in [-0.25, -0.2) is 4.68 Å². The van der Waals surface area contributed by atoms with E-state index in [-0.39, 0.29) is 0 Å². The summed E-state index contributed by atoms with van der Waals surface area (Å²) in [7, 11) is 0. The van der Waals surface area contributed by atoms with Gasteiger partial charge in [-0.2, -0.15) is 0 Å². The molecule has 0 fully saturated rings. The van der Waals surface area contributed by atoms with Crippen molar-refractivity contribution in [2.45, 2.75) is 26.2 Å². The molecule has 3 nitrogen and oxygen atoms in total. The van der Waals surface area contributed by atoms with Gasteiger partial charge in [0.2, 0.25) is 0 Å². The third kappa shape index (κ3) is 3.12. The Kier molecular flexibility index (Phi) is 4.78. The molecule has 96 valence electrons. The van der Waals surface area contributed by atoms with Gasteiger partial charge >= 0.3 is 0 Å². The van der Waals surface area contributed by atoms with E-state index in [0.29, 0.717) is 5.88 Å². The molecule has 0 aliphatic carbocycles. The van der Waals surface area contributed by atoms with Gasteiger partial charge < -0.3 is 0 Å². The lowest BCUT2D eigenvalue weighted by Crippen LogP contribution is -1.99. The van der Waals surface area contributed by atoms with Gasteiger partial charge in [-0.3, -0.25) is 0 Å². The van der Waals surface area contributed by atoms with Crippen LogP contribution in [0.5, 0.6) is 0 Å². The van der Waals surface area contributed by atoms with Gasteiger partial charge in [0, 0.05) is 10.4 Å². The predicted octanol–water partition coefficient (Wildman–Crippen LogP) is 3.76.